The lowest BCUT2D eigenvalue weighted by atomic mass is 10.0. The quantitative estimate of drug-likeness (QED) is 0.235. The van der Waals surface area contributed by atoms with Crippen LogP contribution in [0.5, 0.6) is 5.75 Å². The summed E-state index contributed by atoms with van der Waals surface area (Å²) in [5, 5.41) is 19.0. The highest BCUT2D eigenvalue weighted by molar-refractivity contribution is 6.35. The number of halogens is 3. The molecular weight excluding hydrogens is 470 g/mol. The third-order valence-electron chi connectivity index (χ3n) is 5.24. The molecule has 0 radical (unpaired) electrons. The zero-order valence-corrected chi connectivity index (χ0v) is 19.0. The summed E-state index contributed by atoms with van der Waals surface area (Å²) in [6.07, 6.45) is 3.83. The zero-order valence-electron chi connectivity index (χ0n) is 17.5. The van der Waals surface area contributed by atoms with Gasteiger partial charge in [0.2, 0.25) is 0 Å². The SMILES string of the molecule is C[C@@H](Oc1ccc(N)c(C(=N)c2cnc(N3CC(N)(O)C3)c(F)c2)c1)c1c(Cl)cncc1Cl. The minimum Gasteiger partial charge on any atom is -0.486 e. The molecule has 3 heterocycles. The van der Waals surface area contributed by atoms with Crippen molar-refractivity contribution in [2.24, 2.45) is 5.73 Å². The molecule has 1 aliphatic heterocycles. The molecule has 3 aromatic rings. The summed E-state index contributed by atoms with van der Waals surface area (Å²) >= 11 is 12.4. The first-order valence-corrected chi connectivity index (χ1v) is 10.7. The second-order valence-electron chi connectivity index (χ2n) is 7.89. The van der Waals surface area contributed by atoms with Crippen LogP contribution in [0.2, 0.25) is 10.0 Å². The first-order valence-electron chi connectivity index (χ1n) is 9.92. The van der Waals surface area contributed by atoms with E-state index in [4.69, 9.17) is 44.8 Å². The number of aliphatic hydroxyl groups is 1. The van der Waals surface area contributed by atoms with Crippen molar-refractivity contribution < 1.29 is 14.2 Å². The van der Waals surface area contributed by atoms with Gasteiger partial charge in [0.05, 0.1) is 28.8 Å². The van der Waals surface area contributed by atoms with Gasteiger partial charge in [-0.15, -0.1) is 0 Å². The molecule has 11 heteroatoms. The average Bonchev–Trinajstić information content (AvgIpc) is 2.72. The minimum absolute atomic E-state index is 0.0255. The van der Waals surface area contributed by atoms with Crippen LogP contribution in [0, 0.1) is 11.2 Å². The van der Waals surface area contributed by atoms with Gasteiger partial charge in [0, 0.05) is 41.0 Å². The lowest BCUT2D eigenvalue weighted by Gasteiger charge is -2.44. The monoisotopic (exact) mass is 490 g/mol. The van der Waals surface area contributed by atoms with Gasteiger partial charge in [0.15, 0.2) is 11.6 Å². The number of hydrogen-bond donors (Lipinski definition) is 4. The van der Waals surface area contributed by atoms with Gasteiger partial charge in [-0.2, -0.15) is 0 Å². The smallest absolute Gasteiger partial charge is 0.166 e. The molecule has 4 rings (SSSR count). The number of pyridine rings is 2. The van der Waals surface area contributed by atoms with E-state index in [1.54, 1.807) is 25.1 Å². The second kappa shape index (κ2) is 8.75. The second-order valence-corrected chi connectivity index (χ2v) is 8.70. The Morgan fingerprint density at radius 1 is 1.24 bits per heavy atom. The summed E-state index contributed by atoms with van der Waals surface area (Å²) < 4.78 is 20.6. The van der Waals surface area contributed by atoms with Crippen LogP contribution in [-0.2, 0) is 0 Å². The predicted molar refractivity (Wildman–Crippen MR) is 126 cm³/mol. The fourth-order valence-electron chi connectivity index (χ4n) is 3.62. The molecule has 0 aliphatic carbocycles. The summed E-state index contributed by atoms with van der Waals surface area (Å²) in [5.74, 6) is -0.144. The number of hydrogen-bond acceptors (Lipinski definition) is 8. The van der Waals surface area contributed by atoms with Gasteiger partial charge in [-0.3, -0.25) is 10.4 Å². The van der Waals surface area contributed by atoms with E-state index in [0.717, 1.165) is 0 Å². The van der Waals surface area contributed by atoms with Crippen LogP contribution in [0.3, 0.4) is 0 Å². The van der Waals surface area contributed by atoms with Crippen molar-refractivity contribution in [3.63, 3.8) is 0 Å². The Hall–Kier alpha value is -2.98. The highest BCUT2D eigenvalue weighted by atomic mass is 35.5. The summed E-state index contributed by atoms with van der Waals surface area (Å²) in [4.78, 5) is 9.56. The maximum atomic E-state index is 14.7. The molecule has 1 saturated heterocycles. The maximum Gasteiger partial charge on any atom is 0.166 e. The van der Waals surface area contributed by atoms with Crippen LogP contribution < -0.4 is 21.1 Å². The fourth-order valence-corrected chi connectivity index (χ4v) is 4.29. The minimum atomic E-state index is -1.35. The van der Waals surface area contributed by atoms with Crippen molar-refractivity contribution in [3.05, 3.63) is 75.4 Å². The Morgan fingerprint density at radius 3 is 2.52 bits per heavy atom. The van der Waals surface area contributed by atoms with E-state index >= 15 is 0 Å². The Balaban J connectivity index is 1.56. The summed E-state index contributed by atoms with van der Waals surface area (Å²) in [7, 11) is 0. The van der Waals surface area contributed by atoms with Crippen molar-refractivity contribution in [1.29, 1.82) is 5.41 Å². The molecule has 33 heavy (non-hydrogen) atoms. The number of nitrogens with two attached hydrogens (primary N) is 2. The molecule has 0 saturated carbocycles. The van der Waals surface area contributed by atoms with E-state index in [2.05, 4.69) is 9.97 Å². The number of nitrogen functional groups attached to an aromatic ring is 1. The van der Waals surface area contributed by atoms with E-state index in [-0.39, 0.29) is 30.2 Å². The normalized spacial score (nSPS) is 15.6. The molecule has 0 amide bonds. The molecule has 1 fully saturated rings. The Kier molecular flexibility index (Phi) is 6.15. The molecule has 172 valence electrons. The van der Waals surface area contributed by atoms with Crippen molar-refractivity contribution in [1.82, 2.24) is 9.97 Å². The zero-order chi connectivity index (χ0) is 23.9. The van der Waals surface area contributed by atoms with Gasteiger partial charge in [-0.05, 0) is 31.2 Å². The number of β-amino-alcohol motifs (C(OH)–C–C–N with tert-alkyl or cyclic N) is 1. The van der Waals surface area contributed by atoms with Gasteiger partial charge in [0.1, 0.15) is 17.6 Å². The van der Waals surface area contributed by atoms with Crippen molar-refractivity contribution >= 4 is 40.4 Å². The topological polar surface area (TPSA) is 134 Å². The van der Waals surface area contributed by atoms with Crippen LogP contribution in [0.15, 0.2) is 42.9 Å². The molecule has 0 unspecified atom stereocenters. The third kappa shape index (κ3) is 4.72. The van der Waals surface area contributed by atoms with E-state index < -0.39 is 17.6 Å². The van der Waals surface area contributed by atoms with Crippen molar-refractivity contribution in [2.45, 2.75) is 18.8 Å². The van der Waals surface area contributed by atoms with Gasteiger partial charge >= 0.3 is 0 Å². The first-order chi connectivity index (χ1) is 15.6. The molecule has 8 nitrogen and oxygen atoms in total. The lowest BCUT2D eigenvalue weighted by Crippen LogP contribution is -2.68. The Labute approximate surface area is 199 Å². The summed E-state index contributed by atoms with van der Waals surface area (Å²) in [6, 6.07) is 6.05. The van der Waals surface area contributed by atoms with E-state index in [1.807, 2.05) is 0 Å². The summed E-state index contributed by atoms with van der Waals surface area (Å²) in [5.41, 5.74) is 11.7. The molecule has 1 atom stereocenters. The Bertz CT molecular complexity index is 1210. The number of nitrogens with zero attached hydrogens (tertiary/aromatic N) is 3. The molecule has 0 bridgehead atoms. The Morgan fingerprint density at radius 2 is 1.91 bits per heavy atom. The molecule has 1 aliphatic rings. The van der Waals surface area contributed by atoms with Crippen LogP contribution in [0.1, 0.15) is 29.7 Å². The third-order valence-corrected chi connectivity index (χ3v) is 5.85. The molecule has 1 aromatic carbocycles. The number of nitrogens with one attached hydrogen (secondary N) is 1. The van der Waals surface area contributed by atoms with Crippen LogP contribution in [-0.4, -0.2) is 39.6 Å². The van der Waals surface area contributed by atoms with Gasteiger partial charge in [-0.1, -0.05) is 23.2 Å². The van der Waals surface area contributed by atoms with E-state index in [1.165, 1.54) is 29.6 Å². The number of ether oxygens (including phenoxy) is 1. The van der Waals surface area contributed by atoms with Crippen LogP contribution >= 0.6 is 23.2 Å². The highest BCUT2D eigenvalue weighted by Gasteiger charge is 2.39. The van der Waals surface area contributed by atoms with Crippen molar-refractivity contribution in [3.8, 4) is 5.75 Å². The number of anilines is 2. The highest BCUT2D eigenvalue weighted by Crippen LogP contribution is 2.33. The van der Waals surface area contributed by atoms with E-state index in [9.17, 15) is 9.50 Å². The lowest BCUT2D eigenvalue weighted by molar-refractivity contribution is 0.0176. The van der Waals surface area contributed by atoms with Crippen LogP contribution in [0.4, 0.5) is 15.9 Å². The average molecular weight is 491 g/mol. The van der Waals surface area contributed by atoms with Crippen LogP contribution in [0.25, 0.3) is 0 Å². The molecule has 0 spiro atoms. The maximum absolute atomic E-state index is 14.7. The van der Waals surface area contributed by atoms with Gasteiger partial charge < -0.3 is 26.2 Å². The first kappa shape index (κ1) is 23.2. The molecule has 2 aromatic heterocycles. The standard InChI is InChI=1S/C22H21Cl2FN6O2/c1-11(19-15(23)7-29-8-16(19)24)33-13-2-3-18(26)14(5-13)20(27)12-4-17(25)21(30-6-12)31-9-22(28,32)10-31/h2-8,11,27,32H,9-10,26,28H2,1H3/t11-/m1/s1. The van der Waals surface area contributed by atoms with Gasteiger partial charge in [-0.25, -0.2) is 9.37 Å². The number of rotatable bonds is 6. The largest absolute Gasteiger partial charge is 0.486 e. The summed E-state index contributed by atoms with van der Waals surface area (Å²) in [6.45, 7) is 1.93. The van der Waals surface area contributed by atoms with Gasteiger partial charge in [0.25, 0.3) is 0 Å². The van der Waals surface area contributed by atoms with Crippen molar-refractivity contribution in [2.75, 3.05) is 23.7 Å². The van der Waals surface area contributed by atoms with E-state index in [0.29, 0.717) is 32.6 Å². The predicted octanol–water partition coefficient (Wildman–Crippen LogP) is 3.53. The molecule has 6 N–H and O–H groups in total. The molecular formula is C22H21Cl2FN6O2. The number of benzene rings is 1. The fraction of sp³-hybridized carbons (Fsp3) is 0.227. The number of aromatic nitrogens is 2.